The van der Waals surface area contributed by atoms with Gasteiger partial charge >= 0.3 is 5.97 Å². The largest absolute Gasteiger partial charge is 0.481 e. The molecule has 0 aliphatic carbocycles. The van der Waals surface area contributed by atoms with E-state index >= 15 is 0 Å². The molecule has 4 nitrogen and oxygen atoms in total. The number of hydrogen-bond donors (Lipinski definition) is 1. The molecule has 1 aliphatic heterocycles. The minimum Gasteiger partial charge on any atom is -0.481 e. The van der Waals surface area contributed by atoms with Crippen LogP contribution in [0.4, 0.5) is 0 Å². The lowest BCUT2D eigenvalue weighted by molar-refractivity contribution is -0.138. The van der Waals surface area contributed by atoms with Crippen LogP contribution in [-0.4, -0.2) is 48.3 Å². The van der Waals surface area contributed by atoms with E-state index in [-0.39, 0.29) is 5.60 Å². The molecule has 0 aromatic heterocycles. The highest BCUT2D eigenvalue weighted by molar-refractivity contribution is 5.67. The Morgan fingerprint density at radius 3 is 2.81 bits per heavy atom. The van der Waals surface area contributed by atoms with Crippen LogP contribution in [0.3, 0.4) is 0 Å². The van der Waals surface area contributed by atoms with Crippen molar-refractivity contribution < 1.29 is 14.6 Å². The number of carbonyl (C=O) groups is 1. The minimum atomic E-state index is -0.677. The number of methoxy groups -OCH3 is 1. The van der Waals surface area contributed by atoms with Crippen LogP contribution in [0.15, 0.2) is 0 Å². The summed E-state index contributed by atoms with van der Waals surface area (Å²) in [6.07, 6.45) is 2.31. The van der Waals surface area contributed by atoms with Crippen molar-refractivity contribution >= 4 is 5.97 Å². The molecule has 0 bridgehead atoms. The minimum absolute atomic E-state index is 0.0785. The molecule has 0 aromatic rings. The molecule has 1 unspecified atom stereocenters. The second-order valence-electron chi connectivity index (χ2n) is 5.27. The van der Waals surface area contributed by atoms with E-state index in [2.05, 4.69) is 18.7 Å². The van der Waals surface area contributed by atoms with Crippen molar-refractivity contribution in [3.8, 4) is 0 Å². The number of nitrogens with zero attached hydrogens (tertiary/aromatic N) is 1. The first-order chi connectivity index (χ1) is 7.43. The van der Waals surface area contributed by atoms with Crippen LogP contribution in [0.25, 0.3) is 0 Å². The van der Waals surface area contributed by atoms with Crippen LogP contribution >= 0.6 is 0 Å². The number of rotatable bonds is 6. The molecule has 0 aromatic carbocycles. The van der Waals surface area contributed by atoms with Crippen molar-refractivity contribution in [3.05, 3.63) is 0 Å². The van der Waals surface area contributed by atoms with Crippen molar-refractivity contribution in [2.45, 2.75) is 38.7 Å². The summed E-state index contributed by atoms with van der Waals surface area (Å²) in [5, 5.41) is 8.72. The molecule has 16 heavy (non-hydrogen) atoms. The van der Waals surface area contributed by atoms with Gasteiger partial charge in [0.2, 0.25) is 0 Å². The maximum atomic E-state index is 10.6. The second-order valence-corrected chi connectivity index (χ2v) is 5.27. The van der Waals surface area contributed by atoms with Gasteiger partial charge in [-0.1, -0.05) is 0 Å². The highest BCUT2D eigenvalue weighted by atomic mass is 16.5. The molecule has 1 rings (SSSR count). The van der Waals surface area contributed by atoms with Gasteiger partial charge in [-0.2, -0.15) is 0 Å². The average Bonchev–Trinajstić information content (AvgIpc) is 2.62. The molecule has 1 heterocycles. The van der Waals surface area contributed by atoms with Gasteiger partial charge in [0.1, 0.15) is 0 Å². The van der Waals surface area contributed by atoms with Crippen molar-refractivity contribution in [2.75, 3.05) is 26.7 Å². The molecular formula is C12H23NO3. The summed E-state index contributed by atoms with van der Waals surface area (Å²) in [6.45, 7) is 7.11. The fraction of sp³-hybridized carbons (Fsp3) is 0.917. The number of carboxylic acid groups (broad SMARTS) is 1. The molecule has 1 atom stereocenters. The monoisotopic (exact) mass is 229 g/mol. The third-order valence-corrected chi connectivity index (χ3v) is 3.42. The standard InChI is InChI=1S/C12H23NO3/c1-12(2,16-3)5-7-13-6-4-10(9-13)8-11(14)15/h10H,4-9H2,1-3H3,(H,14,15). The van der Waals surface area contributed by atoms with E-state index in [0.29, 0.717) is 12.3 Å². The Morgan fingerprint density at radius 1 is 1.56 bits per heavy atom. The maximum Gasteiger partial charge on any atom is 0.303 e. The van der Waals surface area contributed by atoms with E-state index in [1.165, 1.54) is 0 Å². The Kier molecular flexibility index (Phi) is 4.74. The Bertz CT molecular complexity index is 240. The van der Waals surface area contributed by atoms with Gasteiger partial charge in [-0.25, -0.2) is 0 Å². The van der Waals surface area contributed by atoms with Crippen molar-refractivity contribution in [1.29, 1.82) is 0 Å². The Balaban J connectivity index is 2.24. The van der Waals surface area contributed by atoms with Crippen molar-refractivity contribution in [2.24, 2.45) is 5.92 Å². The molecule has 1 N–H and O–H groups in total. The van der Waals surface area contributed by atoms with Crippen LogP contribution in [-0.2, 0) is 9.53 Å². The van der Waals surface area contributed by atoms with E-state index in [0.717, 1.165) is 32.5 Å². The van der Waals surface area contributed by atoms with Gasteiger partial charge in [0, 0.05) is 26.6 Å². The van der Waals surface area contributed by atoms with E-state index in [4.69, 9.17) is 9.84 Å². The number of ether oxygens (including phenoxy) is 1. The molecule has 0 spiro atoms. The van der Waals surface area contributed by atoms with Gasteiger partial charge in [-0.05, 0) is 39.2 Å². The quantitative estimate of drug-likeness (QED) is 0.751. The lowest BCUT2D eigenvalue weighted by atomic mass is 10.0. The van der Waals surface area contributed by atoms with Crippen molar-refractivity contribution in [3.63, 3.8) is 0 Å². The molecule has 0 amide bonds. The van der Waals surface area contributed by atoms with Crippen LogP contribution in [0, 0.1) is 5.92 Å². The third kappa shape index (κ3) is 4.49. The number of carboxylic acids is 1. The molecule has 1 saturated heterocycles. The van der Waals surface area contributed by atoms with E-state index < -0.39 is 5.97 Å². The maximum absolute atomic E-state index is 10.6. The SMILES string of the molecule is COC(C)(C)CCN1CCC(CC(=O)O)C1. The summed E-state index contributed by atoms with van der Waals surface area (Å²) in [5.74, 6) is -0.341. The van der Waals surface area contributed by atoms with Crippen LogP contribution in [0.5, 0.6) is 0 Å². The fourth-order valence-electron chi connectivity index (χ4n) is 2.06. The summed E-state index contributed by atoms with van der Waals surface area (Å²) in [6, 6.07) is 0. The summed E-state index contributed by atoms with van der Waals surface area (Å²) in [5.41, 5.74) is -0.0785. The van der Waals surface area contributed by atoms with Crippen LogP contribution < -0.4 is 0 Å². The zero-order valence-corrected chi connectivity index (χ0v) is 10.5. The van der Waals surface area contributed by atoms with Crippen LogP contribution in [0.2, 0.25) is 0 Å². The van der Waals surface area contributed by atoms with Gasteiger partial charge in [0.25, 0.3) is 0 Å². The number of hydrogen-bond acceptors (Lipinski definition) is 3. The third-order valence-electron chi connectivity index (χ3n) is 3.42. The summed E-state index contributed by atoms with van der Waals surface area (Å²) < 4.78 is 5.37. The topological polar surface area (TPSA) is 49.8 Å². The molecule has 1 aliphatic rings. The lowest BCUT2D eigenvalue weighted by Crippen LogP contribution is -2.31. The highest BCUT2D eigenvalue weighted by Gasteiger charge is 2.26. The number of aliphatic carboxylic acids is 1. The summed E-state index contributed by atoms with van der Waals surface area (Å²) in [7, 11) is 1.73. The zero-order chi connectivity index (χ0) is 12.2. The van der Waals surface area contributed by atoms with Gasteiger partial charge < -0.3 is 14.7 Å². The zero-order valence-electron chi connectivity index (χ0n) is 10.5. The molecule has 94 valence electrons. The van der Waals surface area contributed by atoms with E-state index in [9.17, 15) is 4.79 Å². The summed E-state index contributed by atoms with van der Waals surface area (Å²) in [4.78, 5) is 12.9. The van der Waals surface area contributed by atoms with Gasteiger partial charge in [0.05, 0.1) is 5.60 Å². The van der Waals surface area contributed by atoms with Gasteiger partial charge in [-0.15, -0.1) is 0 Å². The highest BCUT2D eigenvalue weighted by Crippen LogP contribution is 2.21. The summed E-state index contributed by atoms with van der Waals surface area (Å²) >= 11 is 0. The normalized spacial score (nSPS) is 22.6. The van der Waals surface area contributed by atoms with Crippen LogP contribution in [0.1, 0.15) is 33.1 Å². The van der Waals surface area contributed by atoms with Gasteiger partial charge in [0.15, 0.2) is 0 Å². The van der Waals surface area contributed by atoms with E-state index in [1.54, 1.807) is 7.11 Å². The predicted octanol–water partition coefficient (Wildman–Crippen LogP) is 1.60. The first-order valence-corrected chi connectivity index (χ1v) is 5.92. The average molecular weight is 229 g/mol. The lowest BCUT2D eigenvalue weighted by Gasteiger charge is -2.26. The first-order valence-electron chi connectivity index (χ1n) is 5.92. The first kappa shape index (κ1) is 13.5. The predicted molar refractivity (Wildman–Crippen MR) is 62.5 cm³/mol. The van der Waals surface area contributed by atoms with Gasteiger partial charge in [-0.3, -0.25) is 4.79 Å². The van der Waals surface area contributed by atoms with E-state index in [1.807, 2.05) is 0 Å². The molecule has 0 saturated carbocycles. The number of likely N-dealkylation sites (tertiary alicyclic amines) is 1. The Hall–Kier alpha value is -0.610. The second kappa shape index (κ2) is 5.64. The molecule has 4 heteroatoms. The Labute approximate surface area is 97.6 Å². The van der Waals surface area contributed by atoms with Crippen molar-refractivity contribution in [1.82, 2.24) is 4.90 Å². The Morgan fingerprint density at radius 2 is 2.25 bits per heavy atom. The molecule has 1 fully saturated rings. The molecule has 0 radical (unpaired) electrons. The molecular weight excluding hydrogens is 206 g/mol. The fourth-order valence-corrected chi connectivity index (χ4v) is 2.06. The smallest absolute Gasteiger partial charge is 0.303 e.